The summed E-state index contributed by atoms with van der Waals surface area (Å²) < 4.78 is 26.1. The van der Waals surface area contributed by atoms with Crippen LogP contribution in [0.2, 0.25) is 0 Å². The first kappa shape index (κ1) is 14.3. The van der Waals surface area contributed by atoms with Gasteiger partial charge in [0.15, 0.2) is 5.96 Å². The molecule has 1 aromatic carbocycles. The number of nitrogens with zero attached hydrogens (tertiary/aromatic N) is 1. The predicted molar refractivity (Wildman–Crippen MR) is 72.6 cm³/mol. The predicted octanol–water partition coefficient (Wildman–Crippen LogP) is 2.06. The van der Waals surface area contributed by atoms with Gasteiger partial charge in [-0.25, -0.2) is 8.78 Å². The summed E-state index contributed by atoms with van der Waals surface area (Å²) in [7, 11) is 0. The van der Waals surface area contributed by atoms with Crippen LogP contribution < -0.4 is 11.1 Å². The summed E-state index contributed by atoms with van der Waals surface area (Å²) in [5.41, 5.74) is 5.50. The van der Waals surface area contributed by atoms with Gasteiger partial charge in [-0.2, -0.15) is 0 Å². The number of rotatable bonds is 5. The Morgan fingerprint density at radius 2 is 2.28 bits per heavy atom. The first-order valence-electron chi connectivity index (χ1n) is 5.16. The molecule has 0 aromatic heterocycles. The van der Waals surface area contributed by atoms with Crippen LogP contribution in [-0.2, 0) is 0 Å². The Labute approximate surface area is 109 Å². The van der Waals surface area contributed by atoms with Crippen LogP contribution in [0.1, 0.15) is 0 Å². The largest absolute Gasteiger partial charge is 0.370 e. The number of anilines is 1. The van der Waals surface area contributed by atoms with Crippen molar-refractivity contribution in [3.05, 3.63) is 29.8 Å². The molecule has 3 N–H and O–H groups in total. The fourth-order valence-corrected chi connectivity index (χ4v) is 1.62. The van der Waals surface area contributed by atoms with Gasteiger partial charge in [0.2, 0.25) is 0 Å². The summed E-state index contributed by atoms with van der Waals surface area (Å²) in [6.45, 7) is 0.460. The third-order valence-corrected chi connectivity index (χ3v) is 2.74. The molecule has 0 aliphatic heterocycles. The molecule has 0 radical (unpaired) electrons. The molecule has 0 heterocycles. The van der Waals surface area contributed by atoms with E-state index in [2.05, 4.69) is 16.2 Å². The Hall–Kier alpha value is -1.74. The van der Waals surface area contributed by atoms with Crippen molar-refractivity contribution in [3.8, 4) is 12.3 Å². The minimum atomic E-state index is -0.587. The molecule has 1 rings (SSSR count). The zero-order valence-electron chi connectivity index (χ0n) is 9.62. The molecule has 0 bridgehead atoms. The maximum Gasteiger partial charge on any atom is 0.193 e. The number of hydrogen-bond acceptors (Lipinski definition) is 2. The second kappa shape index (κ2) is 7.56. The van der Waals surface area contributed by atoms with E-state index >= 15 is 0 Å². The number of halogens is 2. The van der Waals surface area contributed by atoms with Gasteiger partial charge in [-0.3, -0.25) is 4.99 Å². The molecular formula is C12H13F2N3S. The van der Waals surface area contributed by atoms with Crippen molar-refractivity contribution in [1.29, 1.82) is 0 Å². The van der Waals surface area contributed by atoms with Crippen LogP contribution >= 0.6 is 11.8 Å². The molecule has 1 aromatic rings. The number of nitrogens with one attached hydrogen (secondary N) is 1. The van der Waals surface area contributed by atoms with Crippen LogP contribution in [0.25, 0.3) is 0 Å². The molecule has 0 amide bonds. The van der Waals surface area contributed by atoms with Crippen molar-refractivity contribution in [2.24, 2.45) is 10.7 Å². The molecule has 3 nitrogen and oxygen atoms in total. The van der Waals surface area contributed by atoms with Gasteiger partial charge in [0.25, 0.3) is 0 Å². The number of terminal acetylenes is 1. The van der Waals surface area contributed by atoms with E-state index < -0.39 is 11.6 Å². The number of benzene rings is 1. The highest BCUT2D eigenvalue weighted by Crippen LogP contribution is 2.14. The molecule has 6 heteroatoms. The molecule has 0 aliphatic carbocycles. The minimum Gasteiger partial charge on any atom is -0.370 e. The van der Waals surface area contributed by atoms with E-state index in [-0.39, 0.29) is 11.6 Å². The lowest BCUT2D eigenvalue weighted by atomic mass is 10.3. The Kier molecular flexibility index (Phi) is 6.01. The number of hydrogen-bond donors (Lipinski definition) is 2. The van der Waals surface area contributed by atoms with Gasteiger partial charge in [0.05, 0.1) is 18.0 Å². The van der Waals surface area contributed by atoms with Crippen LogP contribution in [0.15, 0.2) is 23.2 Å². The second-order valence-corrected chi connectivity index (χ2v) is 4.38. The van der Waals surface area contributed by atoms with E-state index in [0.717, 1.165) is 24.0 Å². The first-order chi connectivity index (χ1) is 8.63. The maximum absolute atomic E-state index is 13.3. The Bertz CT molecular complexity index is 469. The van der Waals surface area contributed by atoms with E-state index in [1.807, 2.05) is 0 Å². The van der Waals surface area contributed by atoms with Crippen LogP contribution in [0, 0.1) is 24.0 Å². The SMILES string of the molecule is C#CCSCCN=C(N)Nc1cc(F)ccc1F. The lowest BCUT2D eigenvalue weighted by Crippen LogP contribution is -2.23. The molecule has 0 saturated heterocycles. The van der Waals surface area contributed by atoms with Crippen molar-refractivity contribution in [2.75, 3.05) is 23.4 Å². The van der Waals surface area contributed by atoms with E-state index in [1.54, 1.807) is 11.8 Å². The molecule has 0 fully saturated rings. The highest BCUT2D eigenvalue weighted by molar-refractivity contribution is 7.99. The Morgan fingerprint density at radius 1 is 1.50 bits per heavy atom. The monoisotopic (exact) mass is 269 g/mol. The summed E-state index contributed by atoms with van der Waals surface area (Å²) in [4.78, 5) is 3.97. The second-order valence-electron chi connectivity index (χ2n) is 3.27. The highest BCUT2D eigenvalue weighted by atomic mass is 32.2. The van der Waals surface area contributed by atoms with E-state index in [9.17, 15) is 8.78 Å². The third kappa shape index (κ3) is 5.06. The average Bonchev–Trinajstić information content (AvgIpc) is 2.33. The summed E-state index contributed by atoms with van der Waals surface area (Å²) in [5.74, 6) is 2.73. The molecule has 18 heavy (non-hydrogen) atoms. The summed E-state index contributed by atoms with van der Waals surface area (Å²) in [6.07, 6.45) is 5.08. The van der Waals surface area contributed by atoms with Crippen LogP contribution in [0.5, 0.6) is 0 Å². The van der Waals surface area contributed by atoms with Crippen LogP contribution in [0.3, 0.4) is 0 Å². The summed E-state index contributed by atoms with van der Waals surface area (Å²) in [6, 6.07) is 3.07. The molecule has 96 valence electrons. The lowest BCUT2D eigenvalue weighted by Gasteiger charge is -2.06. The van der Waals surface area contributed by atoms with Gasteiger partial charge in [-0.15, -0.1) is 18.2 Å². The van der Waals surface area contributed by atoms with Crippen molar-refractivity contribution >= 4 is 23.4 Å². The van der Waals surface area contributed by atoms with E-state index in [4.69, 9.17) is 12.2 Å². The van der Waals surface area contributed by atoms with Gasteiger partial charge >= 0.3 is 0 Å². The third-order valence-electron chi connectivity index (χ3n) is 1.89. The van der Waals surface area contributed by atoms with Crippen molar-refractivity contribution in [3.63, 3.8) is 0 Å². The fourth-order valence-electron chi connectivity index (χ4n) is 1.13. The number of guanidine groups is 1. The van der Waals surface area contributed by atoms with Gasteiger partial charge in [0.1, 0.15) is 11.6 Å². The van der Waals surface area contributed by atoms with Crippen LogP contribution in [-0.4, -0.2) is 24.0 Å². The molecule has 0 saturated carbocycles. The van der Waals surface area contributed by atoms with Gasteiger partial charge in [-0.1, -0.05) is 5.92 Å². The first-order valence-corrected chi connectivity index (χ1v) is 6.32. The van der Waals surface area contributed by atoms with Crippen molar-refractivity contribution in [2.45, 2.75) is 0 Å². The number of nitrogens with two attached hydrogens (primary N) is 1. The summed E-state index contributed by atoms with van der Waals surface area (Å²) >= 11 is 1.55. The van der Waals surface area contributed by atoms with E-state index in [0.29, 0.717) is 12.3 Å². The molecule has 0 unspecified atom stereocenters. The zero-order valence-corrected chi connectivity index (χ0v) is 10.4. The molecular weight excluding hydrogens is 256 g/mol. The van der Waals surface area contributed by atoms with Gasteiger partial charge < -0.3 is 11.1 Å². The van der Waals surface area contributed by atoms with Crippen molar-refractivity contribution in [1.82, 2.24) is 0 Å². The average molecular weight is 269 g/mol. The summed E-state index contributed by atoms with van der Waals surface area (Å²) in [5, 5.41) is 2.51. The smallest absolute Gasteiger partial charge is 0.193 e. The Balaban J connectivity index is 2.48. The topological polar surface area (TPSA) is 50.4 Å². The standard InChI is InChI=1S/C12H13F2N3S/c1-2-6-18-7-5-16-12(15)17-11-8-9(13)3-4-10(11)14/h1,3-4,8H,5-7H2,(H3,15,16,17). The minimum absolute atomic E-state index is 0.0347. The molecule has 0 atom stereocenters. The van der Waals surface area contributed by atoms with Gasteiger partial charge in [0, 0.05) is 11.8 Å². The normalized spacial score (nSPS) is 11.1. The number of aliphatic imine (C=N–C) groups is 1. The van der Waals surface area contributed by atoms with Crippen LogP contribution in [0.4, 0.5) is 14.5 Å². The van der Waals surface area contributed by atoms with Gasteiger partial charge in [-0.05, 0) is 12.1 Å². The maximum atomic E-state index is 13.3. The number of thioether (sulfide) groups is 1. The Morgan fingerprint density at radius 3 is 3.00 bits per heavy atom. The van der Waals surface area contributed by atoms with E-state index in [1.165, 1.54) is 0 Å². The van der Waals surface area contributed by atoms with Crippen molar-refractivity contribution < 1.29 is 8.78 Å². The zero-order chi connectivity index (χ0) is 13.4. The fraction of sp³-hybridized carbons (Fsp3) is 0.250. The molecule has 0 spiro atoms. The molecule has 0 aliphatic rings. The highest BCUT2D eigenvalue weighted by Gasteiger charge is 2.04. The lowest BCUT2D eigenvalue weighted by molar-refractivity contribution is 0.604. The quantitative estimate of drug-likeness (QED) is 0.372.